The molecule has 0 saturated carbocycles. The highest BCUT2D eigenvalue weighted by atomic mass is 32.1. The number of rotatable bonds is 9. The number of hydrogen-bond acceptors (Lipinski definition) is 6. The predicted octanol–water partition coefficient (Wildman–Crippen LogP) is 2.95. The van der Waals surface area contributed by atoms with E-state index in [1.165, 1.54) is 0 Å². The van der Waals surface area contributed by atoms with Crippen LogP contribution in [0.15, 0.2) is 22.0 Å². The number of thiophene rings is 1. The lowest BCUT2D eigenvalue weighted by Gasteiger charge is -2.21. The van der Waals surface area contributed by atoms with Gasteiger partial charge in [0.05, 0.1) is 4.88 Å². The van der Waals surface area contributed by atoms with Gasteiger partial charge in [0.2, 0.25) is 17.6 Å². The molecule has 0 saturated heterocycles. The van der Waals surface area contributed by atoms with Crippen molar-refractivity contribution < 1.29 is 9.32 Å². The molecule has 24 heavy (non-hydrogen) atoms. The molecule has 2 aromatic rings. The maximum absolute atomic E-state index is 12.1. The van der Waals surface area contributed by atoms with Crippen molar-refractivity contribution in [2.24, 2.45) is 11.7 Å². The zero-order chi connectivity index (χ0) is 17.5. The van der Waals surface area contributed by atoms with E-state index < -0.39 is 0 Å². The summed E-state index contributed by atoms with van der Waals surface area (Å²) in [6, 6.07) is 4.05. The Labute approximate surface area is 147 Å². The van der Waals surface area contributed by atoms with E-state index in [2.05, 4.69) is 24.0 Å². The fraction of sp³-hybridized carbons (Fsp3) is 0.588. The van der Waals surface area contributed by atoms with Crippen molar-refractivity contribution in [3.63, 3.8) is 0 Å². The zero-order valence-electron chi connectivity index (χ0n) is 14.6. The van der Waals surface area contributed by atoms with E-state index >= 15 is 0 Å². The van der Waals surface area contributed by atoms with Gasteiger partial charge in [-0.25, -0.2) is 0 Å². The summed E-state index contributed by atoms with van der Waals surface area (Å²) >= 11 is 1.58. The van der Waals surface area contributed by atoms with Crippen LogP contribution in [-0.2, 0) is 11.2 Å². The Morgan fingerprint density at radius 3 is 2.92 bits per heavy atom. The highest BCUT2D eigenvalue weighted by Crippen LogP contribution is 2.21. The van der Waals surface area contributed by atoms with E-state index in [-0.39, 0.29) is 11.9 Å². The van der Waals surface area contributed by atoms with E-state index in [0.717, 1.165) is 11.3 Å². The molecule has 0 bridgehead atoms. The molecule has 2 N–H and O–H groups in total. The molecule has 2 heterocycles. The highest BCUT2D eigenvalue weighted by Gasteiger charge is 2.14. The minimum absolute atomic E-state index is 0.129. The molecule has 1 atom stereocenters. The average molecular weight is 350 g/mol. The smallest absolute Gasteiger partial charge is 0.226 e. The fourth-order valence-corrected chi connectivity index (χ4v) is 2.89. The summed E-state index contributed by atoms with van der Waals surface area (Å²) in [5, 5.41) is 5.95. The number of amides is 1. The molecule has 0 aliphatic carbocycles. The van der Waals surface area contributed by atoms with Crippen molar-refractivity contribution in [2.75, 3.05) is 13.6 Å². The van der Waals surface area contributed by atoms with Gasteiger partial charge in [-0.3, -0.25) is 4.79 Å². The van der Waals surface area contributed by atoms with Crippen LogP contribution in [0.4, 0.5) is 0 Å². The molecule has 1 amide bonds. The van der Waals surface area contributed by atoms with E-state index in [0.29, 0.717) is 43.4 Å². The second kappa shape index (κ2) is 8.94. The van der Waals surface area contributed by atoms with Crippen molar-refractivity contribution in [2.45, 2.75) is 45.6 Å². The first-order chi connectivity index (χ1) is 11.5. The third-order valence-corrected chi connectivity index (χ3v) is 4.94. The van der Waals surface area contributed by atoms with Gasteiger partial charge in [0.25, 0.3) is 0 Å². The van der Waals surface area contributed by atoms with Gasteiger partial charge < -0.3 is 15.2 Å². The maximum Gasteiger partial charge on any atom is 0.226 e. The molecular weight excluding hydrogens is 324 g/mol. The van der Waals surface area contributed by atoms with E-state index in [1.54, 1.807) is 16.2 Å². The van der Waals surface area contributed by atoms with Crippen LogP contribution in [0.2, 0.25) is 0 Å². The molecule has 0 aromatic carbocycles. The van der Waals surface area contributed by atoms with Crippen LogP contribution in [-0.4, -0.2) is 40.6 Å². The highest BCUT2D eigenvalue weighted by molar-refractivity contribution is 7.13. The van der Waals surface area contributed by atoms with E-state index in [1.807, 2.05) is 24.6 Å². The van der Waals surface area contributed by atoms with Gasteiger partial charge in [-0.2, -0.15) is 4.98 Å². The molecule has 2 rings (SSSR count). The minimum Gasteiger partial charge on any atom is -0.346 e. The predicted molar refractivity (Wildman–Crippen MR) is 95.6 cm³/mol. The molecule has 2 aromatic heterocycles. The Kier molecular flexibility index (Phi) is 6.93. The van der Waals surface area contributed by atoms with Gasteiger partial charge in [0.15, 0.2) is 0 Å². The van der Waals surface area contributed by atoms with Gasteiger partial charge in [-0.05, 0) is 30.2 Å². The van der Waals surface area contributed by atoms with Crippen LogP contribution in [0, 0.1) is 5.92 Å². The van der Waals surface area contributed by atoms with Gasteiger partial charge in [0, 0.05) is 32.5 Å². The van der Waals surface area contributed by atoms with Crippen LogP contribution in [0.5, 0.6) is 0 Å². The number of carbonyl (C=O) groups is 1. The number of aromatic nitrogens is 2. The van der Waals surface area contributed by atoms with Crippen molar-refractivity contribution in [3.05, 3.63) is 23.4 Å². The summed E-state index contributed by atoms with van der Waals surface area (Å²) in [4.78, 5) is 19.2. The van der Waals surface area contributed by atoms with Crippen LogP contribution in [0.1, 0.15) is 39.0 Å². The molecule has 6 nitrogen and oxygen atoms in total. The SMILES string of the molecule is CC(C)C(N)CCN(C)C(=O)CCCc1nc(-c2cccs2)no1. The number of nitrogens with zero attached hydrogens (tertiary/aromatic N) is 3. The molecule has 0 radical (unpaired) electrons. The summed E-state index contributed by atoms with van der Waals surface area (Å²) in [6.45, 7) is 4.89. The molecule has 132 valence electrons. The molecule has 7 heteroatoms. The summed E-state index contributed by atoms with van der Waals surface area (Å²) in [5.41, 5.74) is 6.02. The summed E-state index contributed by atoms with van der Waals surface area (Å²) in [6.07, 6.45) is 2.62. The Morgan fingerprint density at radius 1 is 1.46 bits per heavy atom. The van der Waals surface area contributed by atoms with Crippen LogP contribution >= 0.6 is 11.3 Å². The molecule has 0 aliphatic heterocycles. The molecule has 0 aliphatic rings. The molecule has 1 unspecified atom stereocenters. The van der Waals surface area contributed by atoms with Crippen molar-refractivity contribution in [1.82, 2.24) is 15.0 Å². The topological polar surface area (TPSA) is 85.2 Å². The normalized spacial score (nSPS) is 12.5. The van der Waals surface area contributed by atoms with E-state index in [4.69, 9.17) is 10.3 Å². The molecular formula is C17H26N4O2S. The molecule has 0 spiro atoms. The third-order valence-electron chi connectivity index (χ3n) is 4.07. The quantitative estimate of drug-likeness (QED) is 0.751. The first-order valence-corrected chi connectivity index (χ1v) is 9.21. The van der Waals surface area contributed by atoms with Crippen molar-refractivity contribution in [1.29, 1.82) is 0 Å². The fourth-order valence-electron chi connectivity index (χ4n) is 2.24. The van der Waals surface area contributed by atoms with Crippen LogP contribution in [0.3, 0.4) is 0 Å². The maximum atomic E-state index is 12.1. The lowest BCUT2D eigenvalue weighted by molar-refractivity contribution is -0.130. The Morgan fingerprint density at radius 2 is 2.25 bits per heavy atom. The summed E-state index contributed by atoms with van der Waals surface area (Å²) in [5.74, 6) is 1.76. The van der Waals surface area contributed by atoms with Crippen molar-refractivity contribution in [3.8, 4) is 10.7 Å². The second-order valence-corrected chi connectivity index (χ2v) is 7.30. The monoisotopic (exact) mass is 350 g/mol. The van der Waals surface area contributed by atoms with Crippen molar-refractivity contribution >= 4 is 17.2 Å². The lowest BCUT2D eigenvalue weighted by Crippen LogP contribution is -2.34. The van der Waals surface area contributed by atoms with Crippen LogP contribution < -0.4 is 5.73 Å². The Hall–Kier alpha value is -1.73. The molecule has 0 fully saturated rings. The Balaban J connectivity index is 1.70. The Bertz CT molecular complexity index is 624. The van der Waals surface area contributed by atoms with E-state index in [9.17, 15) is 4.79 Å². The number of aryl methyl sites for hydroxylation is 1. The van der Waals surface area contributed by atoms with Gasteiger partial charge >= 0.3 is 0 Å². The van der Waals surface area contributed by atoms with Gasteiger partial charge in [0.1, 0.15) is 0 Å². The van der Waals surface area contributed by atoms with Crippen LogP contribution in [0.25, 0.3) is 10.7 Å². The largest absolute Gasteiger partial charge is 0.346 e. The summed E-state index contributed by atoms with van der Waals surface area (Å²) < 4.78 is 5.24. The van der Waals surface area contributed by atoms with Gasteiger partial charge in [-0.15, -0.1) is 11.3 Å². The standard InChI is InChI=1S/C17H26N4O2S/c1-12(2)13(18)9-10-21(3)16(22)8-4-7-15-19-17(20-23-15)14-6-5-11-24-14/h5-6,11-13H,4,7-10,18H2,1-3H3. The average Bonchev–Trinajstić information content (AvgIpc) is 3.22. The zero-order valence-corrected chi connectivity index (χ0v) is 15.4. The minimum atomic E-state index is 0.129. The third kappa shape index (κ3) is 5.42. The summed E-state index contributed by atoms with van der Waals surface area (Å²) in [7, 11) is 1.83. The lowest BCUT2D eigenvalue weighted by atomic mass is 10.0. The number of hydrogen-bond donors (Lipinski definition) is 1. The number of nitrogens with two attached hydrogens (primary N) is 1. The van der Waals surface area contributed by atoms with Gasteiger partial charge in [-0.1, -0.05) is 25.1 Å². The second-order valence-electron chi connectivity index (χ2n) is 6.35. The number of carbonyl (C=O) groups excluding carboxylic acids is 1. The first kappa shape index (κ1) is 18.6. The first-order valence-electron chi connectivity index (χ1n) is 8.33.